The molecule has 65 heavy (non-hydrogen) atoms. The fourth-order valence-corrected chi connectivity index (χ4v) is 9.70. The third-order valence-corrected chi connectivity index (χ3v) is 14.1. The Hall–Kier alpha value is -5.98. The average Bonchev–Trinajstić information content (AvgIpc) is 3.33. The second kappa shape index (κ2) is 20.5. The summed E-state index contributed by atoms with van der Waals surface area (Å²) in [5.74, 6) is -0.390. The molecular weight excluding hydrogens is 831 g/mol. The summed E-state index contributed by atoms with van der Waals surface area (Å²) >= 11 is 0. The van der Waals surface area contributed by atoms with E-state index < -0.39 is 28.3 Å². The lowest BCUT2D eigenvalue weighted by molar-refractivity contribution is -0.276. The maximum Gasteiger partial charge on any atom is 0.241 e. The number of carbonyl (C=O) groups is 1. The smallest absolute Gasteiger partial charge is 0.241 e. The Morgan fingerprint density at radius 1 is 0.708 bits per heavy atom. The maximum atomic E-state index is 13.7. The molecular formula is C55H57N3O6S. The van der Waals surface area contributed by atoms with E-state index in [4.69, 9.17) is 9.47 Å². The van der Waals surface area contributed by atoms with Crippen LogP contribution < -0.4 is 10.0 Å². The molecule has 8 rings (SSSR count). The van der Waals surface area contributed by atoms with Crippen LogP contribution in [0.2, 0.25) is 0 Å². The van der Waals surface area contributed by atoms with Gasteiger partial charge in [0.05, 0.1) is 23.7 Å². The Bertz CT molecular complexity index is 2800. The van der Waals surface area contributed by atoms with Crippen LogP contribution in [-0.2, 0) is 43.9 Å². The minimum absolute atomic E-state index is 0.0226. The first-order valence-corrected chi connectivity index (χ1v) is 23.7. The lowest BCUT2D eigenvalue weighted by atomic mass is 9.89. The highest BCUT2D eigenvalue weighted by atomic mass is 32.2. The van der Waals surface area contributed by atoms with Gasteiger partial charge in [-0.2, -0.15) is 4.72 Å². The van der Waals surface area contributed by atoms with Crippen molar-refractivity contribution in [2.24, 2.45) is 5.92 Å². The lowest BCUT2D eigenvalue weighted by Crippen LogP contribution is -2.47. The molecule has 0 spiro atoms. The normalized spacial score (nSPS) is 18.6. The van der Waals surface area contributed by atoms with Crippen molar-refractivity contribution in [1.82, 2.24) is 14.9 Å². The van der Waals surface area contributed by atoms with Crippen molar-refractivity contribution in [2.45, 2.75) is 75.8 Å². The predicted molar refractivity (Wildman–Crippen MR) is 257 cm³/mol. The molecule has 1 heterocycles. The number of aryl methyl sites for hydroxylation is 1. The van der Waals surface area contributed by atoms with E-state index in [1.807, 2.05) is 97.9 Å². The van der Waals surface area contributed by atoms with Crippen molar-refractivity contribution in [3.05, 3.63) is 209 Å². The number of hydrogen-bond donors (Lipinski definition) is 3. The van der Waals surface area contributed by atoms with Crippen LogP contribution in [0.4, 0.5) is 0 Å². The third-order valence-electron chi connectivity index (χ3n) is 12.6. The van der Waals surface area contributed by atoms with Crippen LogP contribution in [-0.4, -0.2) is 50.1 Å². The van der Waals surface area contributed by atoms with E-state index in [2.05, 4.69) is 90.4 Å². The fourth-order valence-electron chi connectivity index (χ4n) is 8.51. The van der Waals surface area contributed by atoms with Crippen LogP contribution in [0.15, 0.2) is 175 Å². The van der Waals surface area contributed by atoms with E-state index >= 15 is 0 Å². The quantitative estimate of drug-likeness (QED) is 0.0885. The predicted octanol–water partition coefficient (Wildman–Crippen LogP) is 10.00. The molecule has 6 atom stereocenters. The first kappa shape index (κ1) is 45.6. The Balaban J connectivity index is 0.969. The molecule has 1 fully saturated rings. The molecule has 0 aromatic heterocycles. The summed E-state index contributed by atoms with van der Waals surface area (Å²) in [5.41, 5.74) is 8.62. The Kier molecular flexibility index (Phi) is 14.3. The molecule has 10 heteroatoms. The van der Waals surface area contributed by atoms with Crippen LogP contribution in [0.1, 0.15) is 71.2 Å². The number of fused-ring (bicyclic) bond motifs is 1. The maximum absolute atomic E-state index is 13.7. The minimum atomic E-state index is -3.97. The summed E-state index contributed by atoms with van der Waals surface area (Å²) in [6.45, 7) is 7.19. The molecule has 0 bridgehead atoms. The van der Waals surface area contributed by atoms with Crippen LogP contribution in [0.5, 0.6) is 0 Å². The number of likely N-dealkylation sites (N-methyl/N-ethyl adjacent to an activating group) is 1. The van der Waals surface area contributed by atoms with Gasteiger partial charge in [0, 0.05) is 30.6 Å². The van der Waals surface area contributed by atoms with E-state index in [1.165, 1.54) is 16.3 Å². The zero-order chi connectivity index (χ0) is 45.5. The van der Waals surface area contributed by atoms with E-state index in [9.17, 15) is 18.3 Å². The summed E-state index contributed by atoms with van der Waals surface area (Å²) in [7, 11) is -1.82. The van der Waals surface area contributed by atoms with Crippen LogP contribution in [0.25, 0.3) is 21.9 Å². The number of aliphatic hydroxyl groups is 1. The molecule has 7 aromatic rings. The van der Waals surface area contributed by atoms with Gasteiger partial charge in [0.1, 0.15) is 6.04 Å². The van der Waals surface area contributed by atoms with Crippen molar-refractivity contribution < 1.29 is 27.8 Å². The molecule has 0 saturated carbocycles. The van der Waals surface area contributed by atoms with E-state index in [-0.39, 0.29) is 48.6 Å². The highest BCUT2D eigenvalue weighted by Crippen LogP contribution is 2.42. The number of hydrogen-bond acceptors (Lipinski definition) is 7. The summed E-state index contributed by atoms with van der Waals surface area (Å²) in [4.78, 5) is 16.2. The van der Waals surface area contributed by atoms with Gasteiger partial charge in [-0.3, -0.25) is 9.69 Å². The summed E-state index contributed by atoms with van der Waals surface area (Å²) in [6, 6.07) is 54.3. The summed E-state index contributed by atoms with van der Waals surface area (Å²) < 4.78 is 43.1. The Morgan fingerprint density at radius 2 is 1.38 bits per heavy atom. The number of nitrogens with one attached hydrogen (secondary N) is 2. The number of rotatable bonds is 16. The average molecular weight is 888 g/mol. The van der Waals surface area contributed by atoms with Crippen molar-refractivity contribution in [2.75, 3.05) is 13.6 Å². The van der Waals surface area contributed by atoms with Crippen LogP contribution >= 0.6 is 0 Å². The number of sulfonamides is 1. The van der Waals surface area contributed by atoms with Gasteiger partial charge >= 0.3 is 0 Å². The number of ether oxygens (including phenoxy) is 2. The van der Waals surface area contributed by atoms with Gasteiger partial charge in [-0.1, -0.05) is 158 Å². The molecule has 1 saturated heterocycles. The molecule has 0 aliphatic carbocycles. The standard InChI is InChI=1S/C55H57N3O6S/c1-37-17-29-50(30-18-37)65(61,62)57-51(32-40-11-6-5-7-12-40)54(60)56-34-42-13-10-16-48(31-42)44-23-26-46(27-24-44)55-63-52(38(2)53(64-55)45-21-19-41(36-59)20-22-45)35-58(4)39(3)47-28-25-43-14-8-9-15-49(43)33-47/h5-31,33,38-39,51-53,55,57,59H,32,34-36H2,1-4H3,(H,56,60). The monoisotopic (exact) mass is 887 g/mol. The largest absolute Gasteiger partial charge is 0.392 e. The van der Waals surface area contributed by atoms with Gasteiger partial charge in [0.15, 0.2) is 6.29 Å². The van der Waals surface area contributed by atoms with Gasteiger partial charge in [-0.05, 0) is 101 Å². The lowest BCUT2D eigenvalue weighted by Gasteiger charge is -2.43. The molecule has 3 N–H and O–H groups in total. The highest BCUT2D eigenvalue weighted by Gasteiger charge is 2.39. The summed E-state index contributed by atoms with van der Waals surface area (Å²) in [6.07, 6.45) is -0.824. The van der Waals surface area contributed by atoms with Crippen molar-refractivity contribution in [1.29, 1.82) is 0 Å². The van der Waals surface area contributed by atoms with Crippen LogP contribution in [0.3, 0.4) is 0 Å². The van der Waals surface area contributed by atoms with Crippen molar-refractivity contribution in [3.63, 3.8) is 0 Å². The first-order chi connectivity index (χ1) is 31.4. The second-order valence-electron chi connectivity index (χ2n) is 17.3. The van der Waals surface area contributed by atoms with Crippen molar-refractivity contribution in [3.8, 4) is 11.1 Å². The van der Waals surface area contributed by atoms with Crippen LogP contribution in [0, 0.1) is 12.8 Å². The third kappa shape index (κ3) is 11.1. The van der Waals surface area contributed by atoms with Gasteiger partial charge in [0.25, 0.3) is 0 Å². The zero-order valence-corrected chi connectivity index (χ0v) is 38.1. The van der Waals surface area contributed by atoms with Crippen molar-refractivity contribution >= 4 is 26.7 Å². The fraction of sp³-hybridized carbons (Fsp3) is 0.255. The first-order valence-electron chi connectivity index (χ1n) is 22.2. The molecule has 1 amide bonds. The number of benzene rings is 7. The van der Waals surface area contributed by atoms with Gasteiger partial charge < -0.3 is 19.9 Å². The molecule has 334 valence electrons. The van der Waals surface area contributed by atoms with E-state index in [0.717, 1.165) is 44.5 Å². The topological polar surface area (TPSA) is 117 Å². The molecule has 6 unspecified atom stereocenters. The van der Waals surface area contributed by atoms with Gasteiger partial charge in [-0.25, -0.2) is 8.42 Å². The molecule has 1 aliphatic heterocycles. The summed E-state index contributed by atoms with van der Waals surface area (Å²) in [5, 5.41) is 15.2. The van der Waals surface area contributed by atoms with E-state index in [0.29, 0.717) is 6.54 Å². The zero-order valence-electron chi connectivity index (χ0n) is 37.3. The molecule has 9 nitrogen and oxygen atoms in total. The number of aliphatic hydroxyl groups excluding tert-OH is 1. The molecule has 1 aliphatic rings. The Labute approximate surface area is 383 Å². The second-order valence-corrected chi connectivity index (χ2v) is 19.0. The number of amides is 1. The van der Waals surface area contributed by atoms with Gasteiger partial charge in [0.2, 0.25) is 15.9 Å². The minimum Gasteiger partial charge on any atom is -0.392 e. The number of nitrogens with zero attached hydrogens (tertiary/aromatic N) is 1. The number of carbonyl (C=O) groups excluding carboxylic acids is 1. The van der Waals surface area contributed by atoms with E-state index in [1.54, 1.807) is 24.3 Å². The molecule has 0 radical (unpaired) electrons. The Morgan fingerprint density at radius 3 is 2.11 bits per heavy atom. The highest BCUT2D eigenvalue weighted by molar-refractivity contribution is 7.89. The SMILES string of the molecule is Cc1ccc(S(=O)(=O)NC(Cc2ccccc2)C(=O)NCc2cccc(-c3ccc(C4OC(CN(C)C(C)c5ccc6ccccc6c5)C(C)C(c5ccc(CO)cc5)O4)cc3)c2)cc1. The molecule has 7 aromatic carbocycles. The van der Waals surface area contributed by atoms with Gasteiger partial charge in [-0.15, -0.1) is 0 Å².